The summed E-state index contributed by atoms with van der Waals surface area (Å²) in [6, 6.07) is 5.93. The highest BCUT2D eigenvalue weighted by Crippen LogP contribution is 2.49. The van der Waals surface area contributed by atoms with E-state index in [1.54, 1.807) is 12.1 Å². The van der Waals surface area contributed by atoms with Gasteiger partial charge in [-0.2, -0.15) is 0 Å². The molecular formula is C27H33F5O. The van der Waals surface area contributed by atoms with Gasteiger partial charge in [-0.05, 0) is 72.8 Å². The number of alkyl halides is 3. The molecule has 0 saturated heterocycles. The molecule has 0 heterocycles. The summed E-state index contributed by atoms with van der Waals surface area (Å²) in [6.45, 7) is 2.24. The lowest BCUT2D eigenvalue weighted by Gasteiger charge is -2.42. The number of fused-ring (bicyclic) bond motifs is 2. The second kappa shape index (κ2) is 10.2. The van der Waals surface area contributed by atoms with Gasteiger partial charge in [0.25, 0.3) is 0 Å². The predicted octanol–water partition coefficient (Wildman–Crippen LogP) is 9.29. The Morgan fingerprint density at radius 3 is 2.42 bits per heavy atom. The van der Waals surface area contributed by atoms with Crippen LogP contribution in [-0.4, -0.2) is 6.36 Å². The molecule has 2 aromatic carbocycles. The van der Waals surface area contributed by atoms with Crippen LogP contribution in [0.5, 0.6) is 5.75 Å². The zero-order chi connectivity index (χ0) is 23.6. The normalized spacial score (nSPS) is 25.8. The first-order valence-electron chi connectivity index (χ1n) is 12.4. The van der Waals surface area contributed by atoms with E-state index < -0.39 is 23.7 Å². The third kappa shape index (κ3) is 5.81. The molecule has 2 saturated carbocycles. The average Bonchev–Trinajstić information content (AvgIpc) is 2.78. The van der Waals surface area contributed by atoms with E-state index in [2.05, 4.69) is 11.7 Å². The van der Waals surface area contributed by atoms with Crippen molar-refractivity contribution in [2.24, 2.45) is 17.8 Å². The highest BCUT2D eigenvalue weighted by molar-refractivity contribution is 5.85. The third-order valence-electron chi connectivity index (χ3n) is 7.89. The van der Waals surface area contributed by atoms with E-state index in [0.29, 0.717) is 11.8 Å². The van der Waals surface area contributed by atoms with Crippen molar-refractivity contribution in [2.75, 3.05) is 0 Å². The third-order valence-corrected chi connectivity index (χ3v) is 7.89. The minimum atomic E-state index is -5.15. The Balaban J connectivity index is 1.43. The summed E-state index contributed by atoms with van der Waals surface area (Å²) in [5.74, 6) is -1.38. The molecule has 4 atom stereocenters. The smallest absolute Gasteiger partial charge is 0.399 e. The quantitative estimate of drug-likeness (QED) is 0.291. The first-order chi connectivity index (χ1) is 15.7. The molecule has 0 amide bonds. The number of hydrogen-bond donors (Lipinski definition) is 0. The van der Waals surface area contributed by atoms with Crippen LogP contribution in [-0.2, 0) is 0 Å². The van der Waals surface area contributed by atoms with Crippen molar-refractivity contribution < 1.29 is 26.7 Å². The predicted molar refractivity (Wildman–Crippen MR) is 120 cm³/mol. The summed E-state index contributed by atoms with van der Waals surface area (Å²) in [4.78, 5) is 0. The summed E-state index contributed by atoms with van der Waals surface area (Å²) in [5.41, 5.74) is 1.02. The number of hydrogen-bond acceptors (Lipinski definition) is 1. The van der Waals surface area contributed by atoms with Crippen LogP contribution in [0.25, 0.3) is 10.8 Å². The SMILES string of the molecule is CCCCCCC1CCC2CC(c3ccc4c(F)c(OC(F)(F)F)c(F)cc4c3)CCC2C1. The van der Waals surface area contributed by atoms with E-state index in [1.165, 1.54) is 63.9 Å². The largest absolute Gasteiger partial charge is 0.573 e. The van der Waals surface area contributed by atoms with Crippen LogP contribution in [0.2, 0.25) is 0 Å². The Hall–Kier alpha value is -1.85. The monoisotopic (exact) mass is 468 g/mol. The zero-order valence-electron chi connectivity index (χ0n) is 19.2. The summed E-state index contributed by atoms with van der Waals surface area (Å²) in [7, 11) is 0. The maximum Gasteiger partial charge on any atom is 0.573 e. The van der Waals surface area contributed by atoms with Gasteiger partial charge in [0.2, 0.25) is 5.75 Å². The first-order valence-corrected chi connectivity index (χ1v) is 12.4. The van der Waals surface area contributed by atoms with Crippen molar-refractivity contribution in [2.45, 2.75) is 89.8 Å². The lowest BCUT2D eigenvalue weighted by molar-refractivity contribution is -0.276. The first kappa shape index (κ1) is 24.3. The molecule has 182 valence electrons. The minimum absolute atomic E-state index is 0.0586. The van der Waals surface area contributed by atoms with E-state index in [9.17, 15) is 22.0 Å². The van der Waals surface area contributed by atoms with Crippen LogP contribution in [0.15, 0.2) is 24.3 Å². The van der Waals surface area contributed by atoms with Crippen LogP contribution >= 0.6 is 0 Å². The van der Waals surface area contributed by atoms with Crippen molar-refractivity contribution in [1.82, 2.24) is 0 Å². The topological polar surface area (TPSA) is 9.23 Å². The molecule has 2 fully saturated rings. The molecule has 0 aliphatic heterocycles. The molecule has 33 heavy (non-hydrogen) atoms. The maximum absolute atomic E-state index is 14.6. The molecule has 2 aromatic rings. The van der Waals surface area contributed by atoms with E-state index in [1.807, 2.05) is 0 Å². The van der Waals surface area contributed by atoms with Gasteiger partial charge in [0, 0.05) is 5.39 Å². The van der Waals surface area contributed by atoms with E-state index >= 15 is 0 Å². The number of halogens is 5. The second-order valence-corrected chi connectivity index (χ2v) is 10.1. The van der Waals surface area contributed by atoms with Crippen LogP contribution in [0.4, 0.5) is 22.0 Å². The number of ether oxygens (including phenoxy) is 1. The van der Waals surface area contributed by atoms with Crippen molar-refractivity contribution in [3.63, 3.8) is 0 Å². The van der Waals surface area contributed by atoms with Gasteiger partial charge in [-0.1, -0.05) is 63.6 Å². The minimum Gasteiger partial charge on any atom is -0.399 e. The standard InChI is InChI=1S/C27H33F5O/c1-2-3-4-5-6-17-7-8-19-14-20(10-9-18(19)13-17)21-11-12-23-22(15-21)16-24(28)26(25(23)29)33-27(30,31)32/h11-12,15-20H,2-10,13-14H2,1H3. The van der Waals surface area contributed by atoms with Gasteiger partial charge in [0.1, 0.15) is 0 Å². The Bertz CT molecular complexity index is 954. The number of benzene rings is 2. The molecule has 0 bridgehead atoms. The maximum atomic E-state index is 14.6. The van der Waals surface area contributed by atoms with Crippen LogP contribution < -0.4 is 4.74 Å². The molecule has 1 nitrogen and oxygen atoms in total. The molecule has 2 aliphatic rings. The molecule has 0 spiro atoms. The average molecular weight is 469 g/mol. The summed E-state index contributed by atoms with van der Waals surface area (Å²) in [5, 5.41) is 0.214. The van der Waals surface area contributed by atoms with Gasteiger partial charge < -0.3 is 4.74 Å². The van der Waals surface area contributed by atoms with Crippen molar-refractivity contribution in [3.8, 4) is 5.75 Å². The Labute approximate surface area is 192 Å². The molecule has 0 aromatic heterocycles. The van der Waals surface area contributed by atoms with E-state index in [0.717, 1.165) is 36.3 Å². The number of rotatable bonds is 7. The molecule has 2 aliphatic carbocycles. The summed E-state index contributed by atoms with van der Waals surface area (Å²) in [6.07, 6.45) is 8.70. The van der Waals surface area contributed by atoms with Crippen molar-refractivity contribution in [1.29, 1.82) is 0 Å². The van der Waals surface area contributed by atoms with Crippen LogP contribution in [0, 0.1) is 29.4 Å². The number of unbranched alkanes of at least 4 members (excludes halogenated alkanes) is 3. The fourth-order valence-electron chi connectivity index (χ4n) is 6.20. The molecule has 4 unspecified atom stereocenters. The molecule has 4 rings (SSSR count). The lowest BCUT2D eigenvalue weighted by Crippen LogP contribution is -2.30. The van der Waals surface area contributed by atoms with Gasteiger partial charge in [-0.25, -0.2) is 8.78 Å². The molecule has 0 N–H and O–H groups in total. The fraction of sp³-hybridized carbons (Fsp3) is 0.630. The Morgan fingerprint density at radius 1 is 0.909 bits per heavy atom. The Kier molecular flexibility index (Phi) is 7.49. The molecule has 0 radical (unpaired) electrons. The van der Waals surface area contributed by atoms with E-state index in [-0.39, 0.29) is 10.8 Å². The van der Waals surface area contributed by atoms with Gasteiger partial charge >= 0.3 is 6.36 Å². The second-order valence-electron chi connectivity index (χ2n) is 10.1. The van der Waals surface area contributed by atoms with Gasteiger partial charge in [-0.15, -0.1) is 13.2 Å². The highest BCUT2D eigenvalue weighted by Gasteiger charge is 2.37. The Morgan fingerprint density at radius 2 is 1.67 bits per heavy atom. The zero-order valence-corrected chi connectivity index (χ0v) is 19.2. The van der Waals surface area contributed by atoms with Crippen LogP contribution in [0.1, 0.15) is 89.0 Å². The van der Waals surface area contributed by atoms with E-state index in [4.69, 9.17) is 0 Å². The summed E-state index contributed by atoms with van der Waals surface area (Å²) < 4.78 is 69.9. The fourth-order valence-corrected chi connectivity index (χ4v) is 6.20. The van der Waals surface area contributed by atoms with Crippen molar-refractivity contribution >= 4 is 10.8 Å². The molecule has 6 heteroatoms. The lowest BCUT2D eigenvalue weighted by atomic mass is 9.63. The summed E-state index contributed by atoms with van der Waals surface area (Å²) >= 11 is 0. The van der Waals surface area contributed by atoms with Gasteiger partial charge in [-0.3, -0.25) is 0 Å². The van der Waals surface area contributed by atoms with Gasteiger partial charge in [0.15, 0.2) is 11.6 Å². The molecular weight excluding hydrogens is 435 g/mol. The highest BCUT2D eigenvalue weighted by atomic mass is 19.4. The van der Waals surface area contributed by atoms with Crippen LogP contribution in [0.3, 0.4) is 0 Å². The van der Waals surface area contributed by atoms with Gasteiger partial charge in [0.05, 0.1) is 0 Å². The van der Waals surface area contributed by atoms with Crippen molar-refractivity contribution in [3.05, 3.63) is 41.5 Å².